The average Bonchev–Trinajstić information content (AvgIpc) is 2.28. The van der Waals surface area contributed by atoms with Crippen molar-refractivity contribution in [2.75, 3.05) is 0 Å². The summed E-state index contributed by atoms with van der Waals surface area (Å²) in [6.45, 7) is 0. The highest BCUT2D eigenvalue weighted by Crippen LogP contribution is 2.21. The molecule has 0 amide bonds. The highest BCUT2D eigenvalue weighted by molar-refractivity contribution is 5.64. The van der Waals surface area contributed by atoms with E-state index in [0.29, 0.717) is 16.7 Å². The standard InChI is InChI=1S/C13H7F2N/c14-12-5-11(6-13(15)7-12)10-3-1-9(8-16)2-4-10/h1-7H. The lowest BCUT2D eigenvalue weighted by Crippen LogP contribution is -1.84. The van der Waals surface area contributed by atoms with Crippen molar-refractivity contribution in [3.05, 3.63) is 59.7 Å². The number of hydrogen-bond donors (Lipinski definition) is 0. The second-order valence-corrected chi connectivity index (χ2v) is 3.35. The largest absolute Gasteiger partial charge is 0.207 e. The van der Waals surface area contributed by atoms with Crippen molar-refractivity contribution < 1.29 is 8.78 Å². The fourth-order valence-electron chi connectivity index (χ4n) is 1.46. The zero-order valence-corrected chi connectivity index (χ0v) is 8.24. The fraction of sp³-hybridized carbons (Fsp3) is 0. The molecule has 16 heavy (non-hydrogen) atoms. The second kappa shape index (κ2) is 4.11. The lowest BCUT2D eigenvalue weighted by molar-refractivity contribution is 0.584. The zero-order chi connectivity index (χ0) is 11.5. The Morgan fingerprint density at radius 3 is 1.88 bits per heavy atom. The first-order valence-corrected chi connectivity index (χ1v) is 4.65. The first kappa shape index (κ1) is 10.3. The summed E-state index contributed by atoms with van der Waals surface area (Å²) in [6.07, 6.45) is 0. The zero-order valence-electron chi connectivity index (χ0n) is 8.24. The van der Waals surface area contributed by atoms with E-state index in [2.05, 4.69) is 0 Å². The Bertz CT molecular complexity index is 533. The highest BCUT2D eigenvalue weighted by Gasteiger charge is 2.03. The van der Waals surface area contributed by atoms with Gasteiger partial charge in [0.1, 0.15) is 11.6 Å². The Kier molecular flexibility index (Phi) is 2.65. The van der Waals surface area contributed by atoms with Gasteiger partial charge in [-0.2, -0.15) is 5.26 Å². The van der Waals surface area contributed by atoms with E-state index in [1.165, 1.54) is 12.1 Å². The van der Waals surface area contributed by atoms with E-state index >= 15 is 0 Å². The first-order valence-electron chi connectivity index (χ1n) is 4.65. The minimum atomic E-state index is -0.612. The van der Waals surface area contributed by atoms with Crippen molar-refractivity contribution in [1.82, 2.24) is 0 Å². The van der Waals surface area contributed by atoms with Crippen LogP contribution in [0.2, 0.25) is 0 Å². The van der Waals surface area contributed by atoms with E-state index in [1.807, 2.05) is 6.07 Å². The number of rotatable bonds is 1. The summed E-state index contributed by atoms with van der Waals surface area (Å²) in [4.78, 5) is 0. The normalized spacial score (nSPS) is 9.81. The third kappa shape index (κ3) is 2.06. The van der Waals surface area contributed by atoms with E-state index in [9.17, 15) is 8.78 Å². The van der Waals surface area contributed by atoms with E-state index in [0.717, 1.165) is 6.07 Å². The van der Waals surface area contributed by atoms with Crippen LogP contribution < -0.4 is 0 Å². The molecule has 0 saturated carbocycles. The number of nitriles is 1. The van der Waals surface area contributed by atoms with Crippen LogP contribution in [0.4, 0.5) is 8.78 Å². The molecule has 0 radical (unpaired) electrons. The quantitative estimate of drug-likeness (QED) is 0.714. The Morgan fingerprint density at radius 2 is 1.38 bits per heavy atom. The Morgan fingerprint density at radius 1 is 0.812 bits per heavy atom. The molecule has 0 aliphatic heterocycles. The molecule has 2 rings (SSSR count). The minimum Gasteiger partial charge on any atom is -0.207 e. The van der Waals surface area contributed by atoms with Gasteiger partial charge in [0, 0.05) is 6.07 Å². The van der Waals surface area contributed by atoms with Crippen LogP contribution in [-0.2, 0) is 0 Å². The van der Waals surface area contributed by atoms with Crippen LogP contribution in [-0.4, -0.2) is 0 Å². The Hall–Kier alpha value is -2.21. The molecule has 3 heteroatoms. The molecule has 0 N–H and O–H groups in total. The van der Waals surface area contributed by atoms with Gasteiger partial charge in [-0.1, -0.05) is 12.1 Å². The van der Waals surface area contributed by atoms with E-state index in [1.54, 1.807) is 24.3 Å². The molecule has 2 aromatic rings. The summed E-state index contributed by atoms with van der Waals surface area (Å²) in [5.41, 5.74) is 1.65. The molecule has 1 nitrogen and oxygen atoms in total. The van der Waals surface area contributed by atoms with Crippen molar-refractivity contribution in [2.24, 2.45) is 0 Å². The molecule has 0 atom stereocenters. The maximum Gasteiger partial charge on any atom is 0.126 e. The van der Waals surface area contributed by atoms with Gasteiger partial charge in [0.05, 0.1) is 11.6 Å². The molecular weight excluding hydrogens is 208 g/mol. The molecule has 2 aromatic carbocycles. The van der Waals surface area contributed by atoms with Crippen LogP contribution in [0.3, 0.4) is 0 Å². The Balaban J connectivity index is 2.47. The number of halogens is 2. The highest BCUT2D eigenvalue weighted by atomic mass is 19.1. The summed E-state index contributed by atoms with van der Waals surface area (Å²) in [7, 11) is 0. The van der Waals surface area contributed by atoms with Gasteiger partial charge < -0.3 is 0 Å². The monoisotopic (exact) mass is 215 g/mol. The number of hydrogen-bond acceptors (Lipinski definition) is 1. The van der Waals surface area contributed by atoms with E-state index in [-0.39, 0.29) is 0 Å². The molecule has 0 bridgehead atoms. The summed E-state index contributed by atoms with van der Waals surface area (Å²) in [5, 5.41) is 8.62. The Labute approximate surface area is 91.6 Å². The van der Waals surface area contributed by atoms with Crippen LogP contribution >= 0.6 is 0 Å². The van der Waals surface area contributed by atoms with Crippen LogP contribution in [0.15, 0.2) is 42.5 Å². The van der Waals surface area contributed by atoms with Crippen LogP contribution in [0.5, 0.6) is 0 Å². The molecule has 0 aliphatic rings. The average molecular weight is 215 g/mol. The van der Waals surface area contributed by atoms with Gasteiger partial charge in [0.15, 0.2) is 0 Å². The SMILES string of the molecule is N#Cc1ccc(-c2cc(F)cc(F)c2)cc1. The molecule has 0 spiro atoms. The van der Waals surface area contributed by atoms with Gasteiger partial charge in [0.25, 0.3) is 0 Å². The molecule has 0 heterocycles. The summed E-state index contributed by atoms with van der Waals surface area (Å²) in [6, 6.07) is 11.9. The minimum absolute atomic E-state index is 0.460. The number of nitrogens with zero attached hydrogens (tertiary/aromatic N) is 1. The maximum absolute atomic E-state index is 13.0. The molecule has 0 aromatic heterocycles. The van der Waals surface area contributed by atoms with Crippen molar-refractivity contribution in [2.45, 2.75) is 0 Å². The predicted molar refractivity (Wildman–Crippen MR) is 56.5 cm³/mol. The van der Waals surface area contributed by atoms with E-state index < -0.39 is 11.6 Å². The molecule has 0 unspecified atom stereocenters. The van der Waals surface area contributed by atoms with Gasteiger partial charge in [0.2, 0.25) is 0 Å². The smallest absolute Gasteiger partial charge is 0.126 e. The molecule has 0 saturated heterocycles. The third-order valence-corrected chi connectivity index (χ3v) is 2.21. The van der Waals surface area contributed by atoms with Gasteiger partial charge in [-0.3, -0.25) is 0 Å². The fourth-order valence-corrected chi connectivity index (χ4v) is 1.46. The lowest BCUT2D eigenvalue weighted by atomic mass is 10.0. The van der Waals surface area contributed by atoms with Gasteiger partial charge in [-0.15, -0.1) is 0 Å². The number of benzene rings is 2. The summed E-state index contributed by atoms with van der Waals surface area (Å²) in [5.74, 6) is -1.22. The predicted octanol–water partition coefficient (Wildman–Crippen LogP) is 3.50. The topological polar surface area (TPSA) is 23.8 Å². The van der Waals surface area contributed by atoms with Crippen LogP contribution in [0.1, 0.15) is 5.56 Å². The van der Waals surface area contributed by atoms with Crippen molar-refractivity contribution >= 4 is 0 Å². The molecule has 78 valence electrons. The molecule has 0 aliphatic carbocycles. The molecule has 0 fully saturated rings. The van der Waals surface area contributed by atoms with Crippen LogP contribution in [0, 0.1) is 23.0 Å². The van der Waals surface area contributed by atoms with Gasteiger partial charge >= 0.3 is 0 Å². The van der Waals surface area contributed by atoms with Gasteiger partial charge in [-0.25, -0.2) is 8.78 Å². The van der Waals surface area contributed by atoms with Crippen LogP contribution in [0.25, 0.3) is 11.1 Å². The van der Waals surface area contributed by atoms with E-state index in [4.69, 9.17) is 5.26 Å². The van der Waals surface area contributed by atoms with Gasteiger partial charge in [-0.05, 0) is 35.4 Å². The second-order valence-electron chi connectivity index (χ2n) is 3.35. The first-order chi connectivity index (χ1) is 7.69. The summed E-state index contributed by atoms with van der Waals surface area (Å²) >= 11 is 0. The van der Waals surface area contributed by atoms with Crippen molar-refractivity contribution in [3.63, 3.8) is 0 Å². The summed E-state index contributed by atoms with van der Waals surface area (Å²) < 4.78 is 25.9. The van der Waals surface area contributed by atoms with Crippen molar-refractivity contribution in [1.29, 1.82) is 5.26 Å². The maximum atomic E-state index is 13.0. The molecular formula is C13H7F2N. The lowest BCUT2D eigenvalue weighted by Gasteiger charge is -2.02. The third-order valence-electron chi connectivity index (χ3n) is 2.21. The van der Waals surface area contributed by atoms with Crippen molar-refractivity contribution in [3.8, 4) is 17.2 Å².